The first-order chi connectivity index (χ1) is 12.5. The molecule has 0 radical (unpaired) electrons. The van der Waals surface area contributed by atoms with E-state index in [4.69, 9.17) is 5.10 Å². The van der Waals surface area contributed by atoms with Gasteiger partial charge in [0.05, 0.1) is 5.69 Å². The molecule has 138 valence electrons. The molecule has 0 aliphatic carbocycles. The van der Waals surface area contributed by atoms with Crippen LogP contribution in [-0.4, -0.2) is 45.6 Å². The number of aromatic nitrogens is 2. The number of hydrogen-bond acceptors (Lipinski definition) is 3. The zero-order chi connectivity index (χ0) is 18.7. The SMILES string of the molecule is CCC(=O)NC(C)C(=O)N1CCc2c(-c3ccccc3)nn(C)c2CC1. The molecular formula is C20H26N4O2. The summed E-state index contributed by atoms with van der Waals surface area (Å²) >= 11 is 0. The van der Waals surface area contributed by atoms with Crippen molar-refractivity contribution in [1.29, 1.82) is 0 Å². The molecule has 1 N–H and O–H groups in total. The summed E-state index contributed by atoms with van der Waals surface area (Å²) in [5.74, 6) is -0.117. The summed E-state index contributed by atoms with van der Waals surface area (Å²) in [6, 6.07) is 9.67. The zero-order valence-electron chi connectivity index (χ0n) is 15.7. The van der Waals surface area contributed by atoms with Crippen LogP contribution in [0.4, 0.5) is 0 Å². The maximum absolute atomic E-state index is 12.7. The third-order valence-electron chi connectivity index (χ3n) is 4.95. The highest BCUT2D eigenvalue weighted by atomic mass is 16.2. The first-order valence-corrected chi connectivity index (χ1v) is 9.19. The average molecular weight is 354 g/mol. The Morgan fingerprint density at radius 1 is 1.19 bits per heavy atom. The summed E-state index contributed by atoms with van der Waals surface area (Å²) in [4.78, 5) is 26.1. The molecule has 2 heterocycles. The molecule has 1 unspecified atom stereocenters. The van der Waals surface area contributed by atoms with Crippen molar-refractivity contribution in [3.63, 3.8) is 0 Å². The van der Waals surface area contributed by atoms with E-state index in [1.165, 1.54) is 11.3 Å². The summed E-state index contributed by atoms with van der Waals surface area (Å²) in [5.41, 5.74) is 4.51. The molecule has 26 heavy (non-hydrogen) atoms. The lowest BCUT2D eigenvalue weighted by Gasteiger charge is -2.24. The van der Waals surface area contributed by atoms with Crippen LogP contribution in [0.15, 0.2) is 30.3 Å². The van der Waals surface area contributed by atoms with Crippen molar-refractivity contribution in [2.24, 2.45) is 7.05 Å². The van der Waals surface area contributed by atoms with Gasteiger partial charge in [0.25, 0.3) is 0 Å². The van der Waals surface area contributed by atoms with Gasteiger partial charge >= 0.3 is 0 Å². The fourth-order valence-corrected chi connectivity index (χ4v) is 3.51. The topological polar surface area (TPSA) is 67.2 Å². The number of amides is 2. The van der Waals surface area contributed by atoms with Gasteiger partial charge in [0.15, 0.2) is 0 Å². The highest BCUT2D eigenvalue weighted by Crippen LogP contribution is 2.28. The van der Waals surface area contributed by atoms with E-state index in [-0.39, 0.29) is 11.8 Å². The van der Waals surface area contributed by atoms with Gasteiger partial charge in [0, 0.05) is 49.8 Å². The van der Waals surface area contributed by atoms with Crippen LogP contribution < -0.4 is 5.32 Å². The Balaban J connectivity index is 1.77. The minimum absolute atomic E-state index is 0.0196. The van der Waals surface area contributed by atoms with Crippen molar-refractivity contribution in [3.8, 4) is 11.3 Å². The normalized spacial score (nSPS) is 15.1. The van der Waals surface area contributed by atoms with Crippen LogP contribution in [0.1, 0.15) is 31.5 Å². The molecule has 0 fully saturated rings. The fourth-order valence-electron chi connectivity index (χ4n) is 3.51. The van der Waals surface area contributed by atoms with Crippen LogP contribution in [-0.2, 0) is 29.5 Å². The minimum Gasteiger partial charge on any atom is -0.345 e. The van der Waals surface area contributed by atoms with Gasteiger partial charge in [-0.2, -0.15) is 5.10 Å². The van der Waals surface area contributed by atoms with Crippen LogP contribution in [0.25, 0.3) is 11.3 Å². The molecule has 1 aromatic carbocycles. The Labute approximate surface area is 154 Å². The second-order valence-corrected chi connectivity index (χ2v) is 6.73. The van der Waals surface area contributed by atoms with Crippen LogP contribution in [0.5, 0.6) is 0 Å². The maximum atomic E-state index is 12.7. The third-order valence-corrected chi connectivity index (χ3v) is 4.95. The van der Waals surface area contributed by atoms with Gasteiger partial charge in [-0.05, 0) is 13.3 Å². The van der Waals surface area contributed by atoms with Crippen LogP contribution in [0, 0.1) is 0 Å². The van der Waals surface area contributed by atoms with Gasteiger partial charge in [-0.3, -0.25) is 14.3 Å². The molecule has 1 aliphatic rings. The summed E-state index contributed by atoms with van der Waals surface area (Å²) in [6.07, 6.45) is 1.93. The minimum atomic E-state index is -0.490. The van der Waals surface area contributed by atoms with Gasteiger partial charge in [0.1, 0.15) is 6.04 Å². The number of carbonyl (C=O) groups excluding carboxylic acids is 2. The molecule has 0 bridgehead atoms. The highest BCUT2D eigenvalue weighted by Gasteiger charge is 2.27. The summed E-state index contributed by atoms with van der Waals surface area (Å²) < 4.78 is 1.94. The second kappa shape index (κ2) is 7.72. The van der Waals surface area contributed by atoms with E-state index in [0.29, 0.717) is 19.5 Å². The molecule has 1 aliphatic heterocycles. The number of fused-ring (bicyclic) bond motifs is 1. The number of nitrogens with one attached hydrogen (secondary N) is 1. The molecule has 0 saturated carbocycles. The Kier molecular flexibility index (Phi) is 5.40. The van der Waals surface area contributed by atoms with Crippen molar-refractivity contribution in [1.82, 2.24) is 20.0 Å². The number of carbonyl (C=O) groups is 2. The molecule has 1 atom stereocenters. The lowest BCUT2D eigenvalue weighted by atomic mass is 10.0. The van der Waals surface area contributed by atoms with Gasteiger partial charge in [-0.1, -0.05) is 37.3 Å². The van der Waals surface area contributed by atoms with Crippen LogP contribution in [0.2, 0.25) is 0 Å². The number of aryl methyl sites for hydroxylation is 1. The lowest BCUT2D eigenvalue weighted by Crippen LogP contribution is -2.47. The molecule has 1 aromatic heterocycles. The molecule has 0 spiro atoms. The lowest BCUT2D eigenvalue weighted by molar-refractivity contribution is -0.135. The molecule has 0 saturated heterocycles. The summed E-state index contributed by atoms with van der Waals surface area (Å²) in [7, 11) is 1.97. The van der Waals surface area contributed by atoms with Crippen LogP contribution >= 0.6 is 0 Å². The van der Waals surface area contributed by atoms with Gasteiger partial charge in [-0.25, -0.2) is 0 Å². The average Bonchev–Trinajstić information content (AvgIpc) is 2.83. The predicted molar refractivity (Wildman–Crippen MR) is 101 cm³/mol. The standard InChI is InChI=1S/C20H26N4O2/c1-4-18(25)21-14(2)20(26)24-12-10-16-17(11-13-24)23(3)22-19(16)15-8-6-5-7-9-15/h5-9,14H,4,10-13H2,1-3H3,(H,21,25). The highest BCUT2D eigenvalue weighted by molar-refractivity contribution is 5.87. The molecule has 6 heteroatoms. The number of hydrogen-bond donors (Lipinski definition) is 1. The predicted octanol–water partition coefficient (Wildman–Crippen LogP) is 1.93. The zero-order valence-corrected chi connectivity index (χ0v) is 15.7. The van der Waals surface area contributed by atoms with E-state index >= 15 is 0 Å². The van der Waals surface area contributed by atoms with Gasteiger partial charge < -0.3 is 10.2 Å². The maximum Gasteiger partial charge on any atom is 0.244 e. The van der Waals surface area contributed by atoms with Crippen molar-refractivity contribution in [2.45, 2.75) is 39.2 Å². The number of nitrogens with zero attached hydrogens (tertiary/aromatic N) is 3. The van der Waals surface area contributed by atoms with Crippen molar-refractivity contribution in [2.75, 3.05) is 13.1 Å². The largest absolute Gasteiger partial charge is 0.345 e. The molecule has 2 amide bonds. The number of rotatable bonds is 4. The Morgan fingerprint density at radius 2 is 1.88 bits per heavy atom. The first kappa shape index (κ1) is 18.2. The van der Waals surface area contributed by atoms with Gasteiger partial charge in [0.2, 0.25) is 11.8 Å². The third kappa shape index (κ3) is 3.64. The molecular weight excluding hydrogens is 328 g/mol. The Hall–Kier alpha value is -2.63. The Morgan fingerprint density at radius 3 is 2.58 bits per heavy atom. The summed E-state index contributed by atoms with van der Waals surface area (Å²) in [6.45, 7) is 4.83. The van der Waals surface area contributed by atoms with Gasteiger partial charge in [-0.15, -0.1) is 0 Å². The van der Waals surface area contributed by atoms with Crippen molar-refractivity contribution >= 4 is 11.8 Å². The fraction of sp³-hybridized carbons (Fsp3) is 0.450. The van der Waals surface area contributed by atoms with E-state index in [2.05, 4.69) is 17.4 Å². The molecule has 6 nitrogen and oxygen atoms in total. The molecule has 2 aromatic rings. The van der Waals surface area contributed by atoms with Crippen molar-refractivity contribution < 1.29 is 9.59 Å². The smallest absolute Gasteiger partial charge is 0.244 e. The van der Waals surface area contributed by atoms with Crippen molar-refractivity contribution in [3.05, 3.63) is 41.6 Å². The van der Waals surface area contributed by atoms with E-state index in [1.807, 2.05) is 34.8 Å². The number of benzene rings is 1. The quantitative estimate of drug-likeness (QED) is 0.912. The monoisotopic (exact) mass is 354 g/mol. The second-order valence-electron chi connectivity index (χ2n) is 6.73. The van der Waals surface area contributed by atoms with E-state index in [1.54, 1.807) is 13.8 Å². The summed E-state index contributed by atoms with van der Waals surface area (Å²) in [5, 5.41) is 7.48. The van der Waals surface area contributed by atoms with E-state index in [0.717, 1.165) is 24.1 Å². The van der Waals surface area contributed by atoms with Crippen LogP contribution in [0.3, 0.4) is 0 Å². The Bertz CT molecular complexity index is 798. The first-order valence-electron chi connectivity index (χ1n) is 9.19. The molecule has 3 rings (SSSR count). The van der Waals surface area contributed by atoms with E-state index in [9.17, 15) is 9.59 Å². The van der Waals surface area contributed by atoms with E-state index < -0.39 is 6.04 Å².